The molecule has 2 heterocycles. The monoisotopic (exact) mass is 578 g/mol. The van der Waals surface area contributed by atoms with Crippen molar-refractivity contribution in [1.29, 1.82) is 0 Å². The van der Waals surface area contributed by atoms with Gasteiger partial charge in [-0.05, 0) is 74.6 Å². The quantitative estimate of drug-likeness (QED) is 0.370. The number of carboxylic acid groups (broad SMARTS) is 1. The van der Waals surface area contributed by atoms with Gasteiger partial charge in [0.05, 0.1) is 12.5 Å². The number of carboxylic acids is 1. The molecule has 40 heavy (non-hydrogen) atoms. The maximum atomic E-state index is 13.2. The van der Waals surface area contributed by atoms with Crippen LogP contribution in [0.25, 0.3) is 5.78 Å². The van der Waals surface area contributed by atoms with E-state index in [2.05, 4.69) is 20.4 Å². The van der Waals surface area contributed by atoms with Gasteiger partial charge in [-0.1, -0.05) is 19.6 Å². The summed E-state index contributed by atoms with van der Waals surface area (Å²) in [5.74, 6) is -2.13. The van der Waals surface area contributed by atoms with E-state index < -0.39 is 11.9 Å². The molecule has 3 aromatic rings. The zero-order chi connectivity index (χ0) is 27.5. The highest BCUT2D eigenvalue weighted by Gasteiger charge is 2.52. The number of nitrogens with two attached hydrogens (primary N) is 1. The summed E-state index contributed by atoms with van der Waals surface area (Å²) in [4.78, 5) is 42.9. The van der Waals surface area contributed by atoms with Crippen LogP contribution in [0, 0.1) is 23.6 Å². The number of carbonyl (C=O) groups is 3. The van der Waals surface area contributed by atoms with E-state index in [1.807, 2.05) is 0 Å². The Labute approximate surface area is 238 Å². The lowest BCUT2D eigenvalue weighted by Crippen LogP contribution is -2.49. The minimum atomic E-state index is -1.25. The van der Waals surface area contributed by atoms with Gasteiger partial charge in [-0.2, -0.15) is 14.6 Å². The number of ether oxygens (including phenoxy) is 1. The number of halogens is 2. The molecule has 6 rings (SSSR count). The first-order valence-electron chi connectivity index (χ1n) is 12.4. The van der Waals surface area contributed by atoms with Gasteiger partial charge < -0.3 is 20.9 Å². The summed E-state index contributed by atoms with van der Waals surface area (Å²) < 4.78 is 19.2. The number of aromatic nitrogens is 4. The fraction of sp³-hybridized carbons (Fsp3) is 0.481. The molecule has 3 saturated carbocycles. The lowest BCUT2D eigenvalue weighted by Gasteiger charge is -2.51. The second kappa shape index (κ2) is 13.1. The van der Waals surface area contributed by atoms with Gasteiger partial charge in [-0.3, -0.25) is 9.59 Å². The van der Waals surface area contributed by atoms with Crippen LogP contribution in [-0.4, -0.2) is 56.2 Å². The molecule has 0 atom stereocenters. The fourth-order valence-corrected chi connectivity index (χ4v) is 5.26. The number of nitrogens with one attached hydrogen (secondary N) is 1. The number of benzene rings is 1. The molecule has 218 valence electrons. The highest BCUT2D eigenvalue weighted by molar-refractivity contribution is 5.95. The molecular formula is C27H36ClFN6O5. The van der Waals surface area contributed by atoms with Crippen LogP contribution >= 0.6 is 12.4 Å². The first-order chi connectivity index (χ1) is 18.1. The van der Waals surface area contributed by atoms with E-state index >= 15 is 0 Å². The van der Waals surface area contributed by atoms with Gasteiger partial charge in [-0.25, -0.2) is 14.2 Å². The van der Waals surface area contributed by atoms with E-state index in [-0.39, 0.29) is 60.7 Å². The summed E-state index contributed by atoms with van der Waals surface area (Å²) in [5, 5.41) is 15.5. The van der Waals surface area contributed by atoms with Crippen LogP contribution in [0.2, 0.25) is 0 Å². The molecule has 4 N–H and O–H groups in total. The first-order valence-corrected chi connectivity index (χ1v) is 12.4. The lowest BCUT2D eigenvalue weighted by atomic mass is 9.54. The number of aromatic carboxylic acids is 1. The predicted octanol–water partition coefficient (Wildman–Crippen LogP) is 3.72. The van der Waals surface area contributed by atoms with E-state index in [9.17, 15) is 23.9 Å². The Bertz CT molecular complexity index is 1360. The molecule has 1 amide bonds. The van der Waals surface area contributed by atoms with Gasteiger partial charge in [0.25, 0.3) is 11.7 Å². The molecule has 13 heteroatoms. The predicted molar refractivity (Wildman–Crippen MR) is 148 cm³/mol. The Morgan fingerprint density at radius 1 is 1.15 bits per heavy atom. The molecule has 0 radical (unpaired) electrons. The number of carbonyl (C=O) groups excluding carboxylic acids is 2. The Hall–Kier alpha value is -3.64. The summed E-state index contributed by atoms with van der Waals surface area (Å²) in [7, 11) is 1.50. The number of fused-ring (bicyclic) bond motifs is 4. The van der Waals surface area contributed by atoms with Crippen molar-refractivity contribution < 1.29 is 28.6 Å². The second-order valence-electron chi connectivity index (χ2n) is 10.0. The molecule has 1 aromatic carbocycles. The van der Waals surface area contributed by atoms with Crippen molar-refractivity contribution in [3.05, 3.63) is 58.9 Å². The molecule has 11 nitrogen and oxygen atoms in total. The van der Waals surface area contributed by atoms with Gasteiger partial charge in [0.1, 0.15) is 17.8 Å². The molecule has 0 saturated heterocycles. The summed E-state index contributed by atoms with van der Waals surface area (Å²) >= 11 is 0. The normalized spacial score (nSPS) is 20.8. The number of hydrogen-bond acceptors (Lipinski definition) is 8. The standard InChI is InChI=1S/C15H12FN5O3.C11H19NO2.CH4.ClH/c1-8-4-9(2-3-10(8)16)6-17-13(22)11-5-12(14(23)24)21-15(20-11)18-7-19-21;1-14-9(13)11-5-2-10(8-12,3-6-11)4-7-11;;/h2-5,7H,6H2,1H3,(H,17,22)(H,23,24);2-8,12H2,1H3;1H4;1H. The third-order valence-corrected chi connectivity index (χ3v) is 7.83. The largest absolute Gasteiger partial charge is 0.477 e. The van der Waals surface area contributed by atoms with Crippen molar-refractivity contribution in [2.75, 3.05) is 13.7 Å². The molecule has 3 aliphatic rings. The van der Waals surface area contributed by atoms with Crippen LogP contribution in [0.5, 0.6) is 0 Å². The third kappa shape index (κ3) is 6.56. The number of hydrogen-bond donors (Lipinski definition) is 3. The van der Waals surface area contributed by atoms with Crippen LogP contribution in [0.15, 0.2) is 30.6 Å². The maximum Gasteiger partial charge on any atom is 0.354 e. The van der Waals surface area contributed by atoms with Gasteiger partial charge in [-0.15, -0.1) is 12.4 Å². The number of amides is 1. The Kier molecular flexibility index (Phi) is 10.7. The molecule has 2 bridgehead atoms. The highest BCUT2D eigenvalue weighted by atomic mass is 35.5. The summed E-state index contributed by atoms with van der Waals surface area (Å²) in [5.41, 5.74) is 6.89. The van der Waals surface area contributed by atoms with Crippen LogP contribution in [0.3, 0.4) is 0 Å². The van der Waals surface area contributed by atoms with Crippen LogP contribution in [0.1, 0.15) is 78.1 Å². The summed E-state index contributed by atoms with van der Waals surface area (Å²) in [6.07, 6.45) is 7.43. The molecule has 0 spiro atoms. The Morgan fingerprint density at radius 2 is 1.80 bits per heavy atom. The molecule has 3 aliphatic carbocycles. The van der Waals surface area contributed by atoms with Crippen LogP contribution < -0.4 is 11.1 Å². The number of methoxy groups -OCH3 is 1. The number of rotatable bonds is 6. The summed E-state index contributed by atoms with van der Waals surface area (Å²) in [6.45, 7) is 2.56. The van der Waals surface area contributed by atoms with Gasteiger partial charge >= 0.3 is 11.9 Å². The summed E-state index contributed by atoms with van der Waals surface area (Å²) in [6, 6.07) is 5.61. The Morgan fingerprint density at radius 3 is 2.35 bits per heavy atom. The number of aryl methyl sites for hydroxylation is 1. The topological polar surface area (TPSA) is 162 Å². The first kappa shape index (κ1) is 32.6. The van der Waals surface area contributed by atoms with Gasteiger partial charge in [0.2, 0.25) is 0 Å². The van der Waals surface area contributed by atoms with Gasteiger partial charge in [0, 0.05) is 12.6 Å². The minimum Gasteiger partial charge on any atom is -0.477 e. The van der Waals surface area contributed by atoms with E-state index in [4.69, 9.17) is 10.5 Å². The molecule has 0 unspecified atom stereocenters. The zero-order valence-corrected chi connectivity index (χ0v) is 22.6. The van der Waals surface area contributed by atoms with Crippen LogP contribution in [-0.2, 0) is 16.1 Å². The van der Waals surface area contributed by atoms with Crippen molar-refractivity contribution in [3.63, 3.8) is 0 Å². The van der Waals surface area contributed by atoms with Crippen molar-refractivity contribution in [1.82, 2.24) is 24.9 Å². The molecular weight excluding hydrogens is 543 g/mol. The molecule has 3 fully saturated rings. The number of nitrogens with zero attached hydrogens (tertiary/aromatic N) is 4. The van der Waals surface area contributed by atoms with E-state index in [0.717, 1.165) is 62.0 Å². The third-order valence-electron chi connectivity index (χ3n) is 7.83. The molecule has 2 aromatic heterocycles. The Balaban J connectivity index is 0.000000301. The van der Waals surface area contributed by atoms with Crippen molar-refractivity contribution in [2.45, 2.75) is 59.4 Å². The minimum absolute atomic E-state index is 0. The van der Waals surface area contributed by atoms with Crippen molar-refractivity contribution >= 4 is 36.0 Å². The van der Waals surface area contributed by atoms with E-state index in [1.165, 1.54) is 13.2 Å². The van der Waals surface area contributed by atoms with E-state index in [1.54, 1.807) is 19.1 Å². The average molecular weight is 579 g/mol. The SMILES string of the molecule is C.COC(=O)C12CCC(CN)(CC1)CC2.Cc1cc(CNC(=O)c2cc(C(=O)O)n3ncnc3n2)ccc1F.Cl. The second-order valence-corrected chi connectivity index (χ2v) is 10.0. The zero-order valence-electron chi connectivity index (χ0n) is 21.8. The maximum absolute atomic E-state index is 13.2. The van der Waals surface area contributed by atoms with E-state index in [0.29, 0.717) is 16.5 Å². The molecule has 0 aliphatic heterocycles. The highest BCUT2D eigenvalue weighted by Crippen LogP contribution is 2.56. The smallest absolute Gasteiger partial charge is 0.354 e. The van der Waals surface area contributed by atoms with Crippen molar-refractivity contribution in [2.24, 2.45) is 16.6 Å². The fourth-order valence-electron chi connectivity index (χ4n) is 5.26. The van der Waals surface area contributed by atoms with Gasteiger partial charge in [0.15, 0.2) is 5.69 Å². The lowest BCUT2D eigenvalue weighted by molar-refractivity contribution is -0.162. The van der Waals surface area contributed by atoms with Crippen molar-refractivity contribution in [3.8, 4) is 0 Å². The number of esters is 1. The average Bonchev–Trinajstić information content (AvgIpc) is 3.42. The van der Waals surface area contributed by atoms with Crippen LogP contribution in [0.4, 0.5) is 4.39 Å².